The van der Waals surface area contributed by atoms with Crippen molar-refractivity contribution < 1.29 is 13.9 Å². The van der Waals surface area contributed by atoms with Crippen LogP contribution < -0.4 is 9.64 Å². The first-order chi connectivity index (χ1) is 15.2. The molecule has 1 atom stereocenters. The fourth-order valence-corrected chi connectivity index (χ4v) is 4.20. The van der Waals surface area contributed by atoms with E-state index >= 15 is 0 Å². The summed E-state index contributed by atoms with van der Waals surface area (Å²) in [6.07, 6.45) is 0.303. The predicted octanol–water partition coefficient (Wildman–Crippen LogP) is 4.77. The molecular weight excluding hydrogens is 393 g/mol. The van der Waals surface area contributed by atoms with Crippen LogP contribution in [0, 0.1) is 5.82 Å². The maximum absolute atomic E-state index is 14.3. The number of benzene rings is 3. The van der Waals surface area contributed by atoms with Crippen molar-refractivity contribution in [3.05, 3.63) is 90.5 Å². The number of nitrogens with zero attached hydrogens (tertiary/aromatic N) is 3. The molecular formula is C25H22FN3O2. The number of halogens is 1. The molecule has 0 aliphatic carbocycles. The number of hydrogen-bond acceptors (Lipinski definition) is 3. The Labute approximate surface area is 179 Å². The highest BCUT2D eigenvalue weighted by Crippen LogP contribution is 2.34. The van der Waals surface area contributed by atoms with Crippen LogP contribution in [0.4, 0.5) is 10.1 Å². The monoisotopic (exact) mass is 415 g/mol. The first-order valence-electron chi connectivity index (χ1n) is 10.4. The molecule has 0 N–H and O–H groups in total. The van der Waals surface area contributed by atoms with Crippen LogP contribution in [0.2, 0.25) is 0 Å². The van der Waals surface area contributed by atoms with Crippen LogP contribution in [0.1, 0.15) is 18.2 Å². The van der Waals surface area contributed by atoms with Crippen molar-refractivity contribution in [3.63, 3.8) is 0 Å². The van der Waals surface area contributed by atoms with E-state index in [0.717, 1.165) is 22.6 Å². The van der Waals surface area contributed by atoms with Gasteiger partial charge in [0.1, 0.15) is 24.0 Å². The molecule has 3 aromatic carbocycles. The molecule has 4 aromatic rings. The number of anilines is 1. The number of hydrogen-bond donors (Lipinski definition) is 0. The Kier molecular flexibility index (Phi) is 5.12. The van der Waals surface area contributed by atoms with Gasteiger partial charge in [0.2, 0.25) is 5.91 Å². The smallest absolute Gasteiger partial charge is 0.227 e. The number of ether oxygens (including phenoxy) is 1. The lowest BCUT2D eigenvalue weighted by atomic mass is 10.1. The fraction of sp³-hybridized carbons (Fsp3) is 0.200. The first-order valence-corrected chi connectivity index (χ1v) is 10.4. The van der Waals surface area contributed by atoms with Crippen LogP contribution in [0.15, 0.2) is 78.9 Å². The SMILES string of the molecule is O=C1CC(c2nc3ccccc3n2CCOc2ccccc2)CN1c1ccccc1F. The second kappa shape index (κ2) is 8.22. The zero-order valence-corrected chi connectivity index (χ0v) is 16.9. The standard InChI is InChI=1S/C25H22FN3O2/c26-20-10-4-6-12-22(20)29-17-18(16-24(29)30)25-27-21-11-5-7-13-23(21)28(25)14-15-31-19-8-2-1-3-9-19/h1-13,18H,14-17H2. The van der Waals surface area contributed by atoms with Gasteiger partial charge in [0.25, 0.3) is 0 Å². The third kappa shape index (κ3) is 3.77. The van der Waals surface area contributed by atoms with Crippen molar-refractivity contribution in [1.29, 1.82) is 0 Å². The third-order valence-electron chi connectivity index (χ3n) is 5.64. The maximum atomic E-state index is 14.3. The lowest BCUT2D eigenvalue weighted by Crippen LogP contribution is -2.25. The molecule has 0 spiro atoms. The minimum atomic E-state index is -0.388. The second-order valence-electron chi connectivity index (χ2n) is 7.63. The molecule has 0 saturated carbocycles. The van der Waals surface area contributed by atoms with E-state index in [9.17, 15) is 9.18 Å². The summed E-state index contributed by atoms with van der Waals surface area (Å²) in [5, 5.41) is 0. The summed E-state index contributed by atoms with van der Waals surface area (Å²) in [5.41, 5.74) is 2.21. The molecule has 6 heteroatoms. The molecule has 31 heavy (non-hydrogen) atoms. The number of aromatic nitrogens is 2. The van der Waals surface area contributed by atoms with Gasteiger partial charge < -0.3 is 14.2 Å². The lowest BCUT2D eigenvalue weighted by molar-refractivity contribution is -0.117. The summed E-state index contributed by atoms with van der Waals surface area (Å²) in [5.74, 6) is 1.06. The van der Waals surface area contributed by atoms with Gasteiger partial charge in [-0.1, -0.05) is 42.5 Å². The van der Waals surface area contributed by atoms with E-state index in [1.165, 1.54) is 11.0 Å². The Bertz CT molecular complexity index is 1220. The largest absolute Gasteiger partial charge is 0.492 e. The van der Waals surface area contributed by atoms with E-state index in [2.05, 4.69) is 4.57 Å². The Balaban J connectivity index is 1.42. The summed E-state index contributed by atoms with van der Waals surface area (Å²) in [6.45, 7) is 1.49. The molecule has 1 amide bonds. The summed E-state index contributed by atoms with van der Waals surface area (Å²) in [6, 6.07) is 24.0. The van der Waals surface area contributed by atoms with E-state index in [1.807, 2.05) is 54.6 Å². The molecule has 1 unspecified atom stereocenters. The van der Waals surface area contributed by atoms with Gasteiger partial charge in [-0.15, -0.1) is 0 Å². The quantitative estimate of drug-likeness (QED) is 0.456. The normalized spacial score (nSPS) is 16.2. The highest BCUT2D eigenvalue weighted by atomic mass is 19.1. The number of para-hydroxylation sites is 4. The number of carbonyl (C=O) groups excluding carboxylic acids is 1. The van der Waals surface area contributed by atoms with Gasteiger partial charge in [0.05, 0.1) is 23.3 Å². The number of amides is 1. The molecule has 5 nitrogen and oxygen atoms in total. The molecule has 156 valence electrons. The Morgan fingerprint density at radius 2 is 1.71 bits per heavy atom. The Hall–Kier alpha value is -3.67. The van der Waals surface area contributed by atoms with Gasteiger partial charge in [-0.25, -0.2) is 9.37 Å². The van der Waals surface area contributed by atoms with Crippen LogP contribution in [0.3, 0.4) is 0 Å². The van der Waals surface area contributed by atoms with E-state index in [4.69, 9.17) is 9.72 Å². The number of rotatable bonds is 6. The Morgan fingerprint density at radius 3 is 2.55 bits per heavy atom. The minimum absolute atomic E-state index is 0.0887. The zero-order chi connectivity index (χ0) is 21.2. The van der Waals surface area contributed by atoms with Crippen molar-refractivity contribution >= 4 is 22.6 Å². The van der Waals surface area contributed by atoms with Gasteiger partial charge in [-0.3, -0.25) is 4.79 Å². The predicted molar refractivity (Wildman–Crippen MR) is 118 cm³/mol. The van der Waals surface area contributed by atoms with Crippen LogP contribution in [-0.4, -0.2) is 28.6 Å². The summed E-state index contributed by atoms with van der Waals surface area (Å²) in [7, 11) is 0. The molecule has 2 heterocycles. The van der Waals surface area contributed by atoms with Crippen molar-refractivity contribution in [1.82, 2.24) is 9.55 Å². The molecule has 1 fully saturated rings. The number of carbonyl (C=O) groups is 1. The topological polar surface area (TPSA) is 47.4 Å². The van der Waals surface area contributed by atoms with Crippen molar-refractivity contribution in [2.75, 3.05) is 18.1 Å². The van der Waals surface area contributed by atoms with Crippen molar-refractivity contribution in [2.45, 2.75) is 18.9 Å². The van der Waals surface area contributed by atoms with Crippen molar-refractivity contribution in [3.8, 4) is 5.75 Å². The van der Waals surface area contributed by atoms with Gasteiger partial charge in [-0.2, -0.15) is 0 Å². The van der Waals surface area contributed by atoms with Gasteiger partial charge >= 0.3 is 0 Å². The number of imidazole rings is 1. The van der Waals surface area contributed by atoms with Gasteiger partial charge in [-0.05, 0) is 36.4 Å². The Morgan fingerprint density at radius 1 is 0.968 bits per heavy atom. The lowest BCUT2D eigenvalue weighted by Gasteiger charge is -2.18. The highest BCUT2D eigenvalue weighted by Gasteiger charge is 2.35. The first kappa shape index (κ1) is 19.3. The highest BCUT2D eigenvalue weighted by molar-refractivity contribution is 5.96. The zero-order valence-electron chi connectivity index (χ0n) is 16.9. The van der Waals surface area contributed by atoms with Crippen LogP contribution >= 0.6 is 0 Å². The van der Waals surface area contributed by atoms with Gasteiger partial charge in [0.15, 0.2) is 0 Å². The second-order valence-corrected chi connectivity index (χ2v) is 7.63. The third-order valence-corrected chi connectivity index (χ3v) is 5.64. The minimum Gasteiger partial charge on any atom is -0.492 e. The summed E-state index contributed by atoms with van der Waals surface area (Å²) < 4.78 is 22.3. The molecule has 1 aliphatic heterocycles. The van der Waals surface area contributed by atoms with E-state index in [0.29, 0.717) is 31.8 Å². The molecule has 1 aliphatic rings. The molecule has 0 bridgehead atoms. The molecule has 1 saturated heterocycles. The van der Waals surface area contributed by atoms with Crippen LogP contribution in [0.5, 0.6) is 5.75 Å². The fourth-order valence-electron chi connectivity index (χ4n) is 4.20. The van der Waals surface area contributed by atoms with Crippen LogP contribution in [-0.2, 0) is 11.3 Å². The van der Waals surface area contributed by atoms with Crippen molar-refractivity contribution in [2.24, 2.45) is 0 Å². The van der Waals surface area contributed by atoms with E-state index in [-0.39, 0.29) is 17.6 Å². The number of fused-ring (bicyclic) bond motifs is 1. The van der Waals surface area contributed by atoms with Gasteiger partial charge in [0, 0.05) is 18.9 Å². The maximum Gasteiger partial charge on any atom is 0.227 e. The molecule has 1 aromatic heterocycles. The average Bonchev–Trinajstić information content (AvgIpc) is 3.35. The van der Waals surface area contributed by atoms with Crippen LogP contribution in [0.25, 0.3) is 11.0 Å². The van der Waals surface area contributed by atoms with E-state index in [1.54, 1.807) is 18.2 Å². The molecule has 0 radical (unpaired) electrons. The summed E-state index contributed by atoms with van der Waals surface area (Å²) in [4.78, 5) is 19.1. The van der Waals surface area contributed by atoms with E-state index < -0.39 is 0 Å². The summed E-state index contributed by atoms with van der Waals surface area (Å²) >= 11 is 0. The average molecular weight is 415 g/mol. The molecule has 5 rings (SSSR count).